The molecule has 1 aromatic heterocycles. The van der Waals surface area contributed by atoms with Crippen LogP contribution in [0.2, 0.25) is 0 Å². The summed E-state index contributed by atoms with van der Waals surface area (Å²) in [5.74, 6) is -2.59. The molecule has 0 aliphatic rings. The Morgan fingerprint density at radius 1 is 0.788 bits per heavy atom. The highest BCUT2D eigenvalue weighted by Crippen LogP contribution is 2.05. The summed E-state index contributed by atoms with van der Waals surface area (Å²) in [5.41, 5.74) is 1.80. The maximum atomic E-state index is 12.8. The van der Waals surface area contributed by atoms with Crippen molar-refractivity contribution in [3.05, 3.63) is 102 Å². The predicted molar refractivity (Wildman–Crippen MR) is 122 cm³/mol. The third-order valence-electron chi connectivity index (χ3n) is 4.76. The van der Waals surface area contributed by atoms with Gasteiger partial charge < -0.3 is 16.0 Å². The first kappa shape index (κ1) is 23.3. The highest BCUT2D eigenvalue weighted by Gasteiger charge is 2.27. The number of pyridine rings is 1. The number of amides is 3. The Labute approximate surface area is 191 Å². The summed E-state index contributed by atoms with van der Waals surface area (Å²) in [7, 11) is 0. The van der Waals surface area contributed by atoms with Gasteiger partial charge in [-0.15, -0.1) is 0 Å². The number of Topliss-reactive ketones (excluding diaryl/α,β-unsaturated/α-hetero) is 1. The number of carbonyl (C=O) groups is 4. The average Bonchev–Trinajstić information content (AvgIpc) is 2.86. The summed E-state index contributed by atoms with van der Waals surface area (Å²) in [6.07, 6.45) is 1.72. The quantitative estimate of drug-likeness (QED) is 0.409. The van der Waals surface area contributed by atoms with Crippen LogP contribution in [0.1, 0.15) is 21.6 Å². The number of rotatable bonds is 10. The van der Waals surface area contributed by atoms with Gasteiger partial charge >= 0.3 is 0 Å². The summed E-state index contributed by atoms with van der Waals surface area (Å²) >= 11 is 0. The Kier molecular flexibility index (Phi) is 8.41. The Balaban J connectivity index is 1.61. The van der Waals surface area contributed by atoms with Crippen LogP contribution in [-0.2, 0) is 27.3 Å². The van der Waals surface area contributed by atoms with E-state index in [-0.39, 0.29) is 19.5 Å². The Hall–Kier alpha value is -4.33. The van der Waals surface area contributed by atoms with Crippen molar-refractivity contribution >= 4 is 23.5 Å². The standard InChI is InChI=1S/C25H24N4O4/c30-22(17-28-24(32)19-11-5-2-6-12-19)29-21(15-18-9-3-1-4-10-18)23(31)25(33)27-16-20-13-7-8-14-26-20/h1-14,21H,15-17H2,(H,27,33)(H,28,32)(H,29,30)/t21-/m1/s1. The zero-order chi connectivity index (χ0) is 23.5. The molecule has 168 valence electrons. The summed E-state index contributed by atoms with van der Waals surface area (Å²) in [4.78, 5) is 54.0. The molecule has 1 heterocycles. The molecule has 0 radical (unpaired) electrons. The lowest BCUT2D eigenvalue weighted by Gasteiger charge is -2.18. The molecule has 0 fully saturated rings. The van der Waals surface area contributed by atoms with Crippen molar-refractivity contribution in [3.8, 4) is 0 Å². The summed E-state index contributed by atoms with van der Waals surface area (Å²) in [6.45, 7) is -0.244. The Morgan fingerprint density at radius 2 is 1.45 bits per heavy atom. The Morgan fingerprint density at radius 3 is 2.12 bits per heavy atom. The third-order valence-corrected chi connectivity index (χ3v) is 4.76. The summed E-state index contributed by atoms with van der Waals surface area (Å²) in [5, 5.41) is 7.62. The number of benzene rings is 2. The lowest BCUT2D eigenvalue weighted by molar-refractivity contribution is -0.140. The van der Waals surface area contributed by atoms with Gasteiger partial charge in [0.1, 0.15) is 6.04 Å². The van der Waals surface area contributed by atoms with Crippen molar-refractivity contribution in [2.24, 2.45) is 0 Å². The van der Waals surface area contributed by atoms with Crippen LogP contribution in [0.3, 0.4) is 0 Å². The lowest BCUT2D eigenvalue weighted by Crippen LogP contribution is -2.50. The van der Waals surface area contributed by atoms with Crippen LogP contribution >= 0.6 is 0 Å². The first-order valence-corrected chi connectivity index (χ1v) is 10.4. The maximum Gasteiger partial charge on any atom is 0.289 e. The maximum absolute atomic E-state index is 12.8. The highest BCUT2D eigenvalue weighted by atomic mass is 16.2. The number of ketones is 1. The van der Waals surface area contributed by atoms with E-state index in [0.717, 1.165) is 5.56 Å². The van der Waals surface area contributed by atoms with Crippen molar-refractivity contribution in [1.82, 2.24) is 20.9 Å². The highest BCUT2D eigenvalue weighted by molar-refractivity contribution is 6.38. The van der Waals surface area contributed by atoms with Gasteiger partial charge in [0.2, 0.25) is 11.7 Å². The van der Waals surface area contributed by atoms with Gasteiger partial charge in [-0.25, -0.2) is 0 Å². The average molecular weight is 444 g/mol. The van der Waals surface area contributed by atoms with Gasteiger partial charge in [0.05, 0.1) is 18.8 Å². The molecule has 0 aliphatic heterocycles. The normalized spacial score (nSPS) is 11.2. The van der Waals surface area contributed by atoms with Crippen molar-refractivity contribution < 1.29 is 19.2 Å². The number of nitrogens with one attached hydrogen (secondary N) is 3. The molecule has 0 saturated carbocycles. The van der Waals surface area contributed by atoms with Crippen molar-refractivity contribution in [3.63, 3.8) is 0 Å². The molecular weight excluding hydrogens is 420 g/mol. The molecule has 33 heavy (non-hydrogen) atoms. The first-order valence-electron chi connectivity index (χ1n) is 10.4. The number of hydrogen-bond acceptors (Lipinski definition) is 5. The van der Waals surface area contributed by atoms with E-state index >= 15 is 0 Å². The smallest absolute Gasteiger partial charge is 0.289 e. The summed E-state index contributed by atoms with van der Waals surface area (Å²) in [6, 6.07) is 21.7. The van der Waals surface area contributed by atoms with E-state index in [1.165, 1.54) is 0 Å². The van der Waals surface area contributed by atoms with Crippen molar-refractivity contribution in [2.75, 3.05) is 6.54 Å². The monoisotopic (exact) mass is 444 g/mol. The van der Waals surface area contributed by atoms with E-state index < -0.39 is 29.5 Å². The van der Waals surface area contributed by atoms with Crippen LogP contribution in [0.15, 0.2) is 85.1 Å². The van der Waals surface area contributed by atoms with Gasteiger partial charge in [-0.2, -0.15) is 0 Å². The molecule has 8 heteroatoms. The van der Waals surface area contributed by atoms with Gasteiger partial charge in [-0.1, -0.05) is 54.6 Å². The van der Waals surface area contributed by atoms with Gasteiger partial charge in [-0.3, -0.25) is 24.2 Å². The molecule has 0 aliphatic carbocycles. The molecule has 0 spiro atoms. The fourth-order valence-corrected chi connectivity index (χ4v) is 3.08. The minimum Gasteiger partial charge on any atom is -0.344 e. The minimum absolute atomic E-state index is 0.0878. The van der Waals surface area contributed by atoms with Gasteiger partial charge in [0.15, 0.2) is 0 Å². The second kappa shape index (κ2) is 11.9. The number of aromatic nitrogens is 1. The lowest BCUT2D eigenvalue weighted by atomic mass is 10.0. The van der Waals surface area contributed by atoms with Crippen LogP contribution in [0, 0.1) is 0 Å². The van der Waals surface area contributed by atoms with E-state index in [4.69, 9.17) is 0 Å². The molecule has 2 aromatic carbocycles. The van der Waals surface area contributed by atoms with Gasteiger partial charge in [0.25, 0.3) is 11.8 Å². The summed E-state index contributed by atoms with van der Waals surface area (Å²) < 4.78 is 0. The molecule has 3 N–H and O–H groups in total. The zero-order valence-electron chi connectivity index (χ0n) is 17.9. The minimum atomic E-state index is -1.09. The van der Waals surface area contributed by atoms with Crippen LogP contribution < -0.4 is 16.0 Å². The van der Waals surface area contributed by atoms with E-state index in [2.05, 4.69) is 20.9 Å². The molecule has 3 rings (SSSR count). The largest absolute Gasteiger partial charge is 0.344 e. The second-order valence-corrected chi connectivity index (χ2v) is 7.23. The van der Waals surface area contributed by atoms with E-state index in [1.807, 2.05) is 6.07 Å². The molecule has 1 atom stereocenters. The SMILES string of the molecule is O=C(CNC(=O)c1ccccc1)N[C@H](Cc1ccccc1)C(=O)C(=O)NCc1ccccn1. The molecule has 8 nitrogen and oxygen atoms in total. The van der Waals surface area contributed by atoms with Gasteiger partial charge in [0, 0.05) is 18.2 Å². The number of hydrogen-bond donors (Lipinski definition) is 3. The van der Waals surface area contributed by atoms with Crippen LogP contribution in [0.4, 0.5) is 0 Å². The molecule has 0 bridgehead atoms. The second-order valence-electron chi connectivity index (χ2n) is 7.23. The molecular formula is C25H24N4O4. The molecule has 0 saturated heterocycles. The molecule has 3 aromatic rings. The van der Waals surface area contributed by atoms with E-state index in [9.17, 15) is 19.2 Å². The molecule has 0 unspecified atom stereocenters. The van der Waals surface area contributed by atoms with Gasteiger partial charge in [-0.05, 0) is 29.8 Å². The van der Waals surface area contributed by atoms with E-state index in [1.54, 1.807) is 79.0 Å². The Bertz CT molecular complexity index is 1090. The number of carbonyl (C=O) groups excluding carboxylic acids is 4. The van der Waals surface area contributed by atoms with Crippen LogP contribution in [0.5, 0.6) is 0 Å². The van der Waals surface area contributed by atoms with E-state index in [0.29, 0.717) is 11.3 Å². The van der Waals surface area contributed by atoms with Crippen LogP contribution in [0.25, 0.3) is 0 Å². The van der Waals surface area contributed by atoms with Crippen molar-refractivity contribution in [2.45, 2.75) is 19.0 Å². The fraction of sp³-hybridized carbons (Fsp3) is 0.160. The van der Waals surface area contributed by atoms with Crippen molar-refractivity contribution in [1.29, 1.82) is 0 Å². The predicted octanol–water partition coefficient (Wildman–Crippen LogP) is 1.42. The van der Waals surface area contributed by atoms with Crippen LogP contribution in [-0.4, -0.2) is 41.1 Å². The fourth-order valence-electron chi connectivity index (χ4n) is 3.08. The first-order chi connectivity index (χ1) is 16.0. The third kappa shape index (κ3) is 7.39. The molecule has 3 amide bonds. The number of nitrogens with zero attached hydrogens (tertiary/aromatic N) is 1. The zero-order valence-corrected chi connectivity index (χ0v) is 17.9. The topological polar surface area (TPSA) is 117 Å².